The van der Waals surface area contributed by atoms with Crippen molar-refractivity contribution < 1.29 is 23.1 Å². The molecule has 0 unspecified atom stereocenters. The fourth-order valence-corrected chi connectivity index (χ4v) is 5.24. The van der Waals surface area contributed by atoms with E-state index in [1.807, 2.05) is 13.8 Å². The van der Waals surface area contributed by atoms with Crippen LogP contribution < -0.4 is 4.74 Å². The molecule has 0 saturated carbocycles. The van der Waals surface area contributed by atoms with Crippen LogP contribution in [0.1, 0.15) is 57.6 Å². The van der Waals surface area contributed by atoms with Crippen molar-refractivity contribution in [2.45, 2.75) is 52.1 Å². The highest BCUT2D eigenvalue weighted by atomic mass is 35.5. The number of carbonyl (C=O) groups excluding carboxylic acids is 2. The van der Waals surface area contributed by atoms with Crippen LogP contribution in [0.15, 0.2) is 42.5 Å². The summed E-state index contributed by atoms with van der Waals surface area (Å²) in [5, 5.41) is 4.97. The summed E-state index contributed by atoms with van der Waals surface area (Å²) in [6, 6.07) is 10.4. The summed E-state index contributed by atoms with van der Waals surface area (Å²) in [6.45, 7) is 9.35. The van der Waals surface area contributed by atoms with Crippen molar-refractivity contribution in [1.29, 1.82) is 0 Å². The van der Waals surface area contributed by atoms with E-state index in [1.165, 1.54) is 18.2 Å². The molecule has 2 amide bonds. The minimum Gasteiger partial charge on any atom is -0.435 e. The van der Waals surface area contributed by atoms with Crippen LogP contribution in [0, 0.1) is 6.57 Å². The molecule has 1 aromatic heterocycles. The number of carbonyl (C=O) groups is 2. The lowest BCUT2D eigenvalue weighted by molar-refractivity contribution is -0.0498. The molecule has 38 heavy (non-hydrogen) atoms. The molecule has 3 aromatic rings. The summed E-state index contributed by atoms with van der Waals surface area (Å²) in [5.41, 5.74) is 3.32. The molecule has 2 aliphatic rings. The fraction of sp³-hybridized carbons (Fsp3) is 0.333. The van der Waals surface area contributed by atoms with Gasteiger partial charge in [-0.2, -0.15) is 13.9 Å². The predicted octanol–water partition coefficient (Wildman–Crippen LogP) is 5.49. The minimum atomic E-state index is -2.91. The standard InChI is InChI=1S/C27H24ClF2N5O3/c1-15-12-22-20(14-34(15)25(36)18-6-9-21(28)23(13-18)31-3)24-26(37)33(10-11-35(24)32-22)16(2)17-4-7-19(8-5-17)38-27(29)30/h4-9,13,15-16,27H,10-12,14H2,1-2H3/t15-,16-/m1/s1. The summed E-state index contributed by atoms with van der Waals surface area (Å²) < 4.78 is 31.1. The molecule has 11 heteroatoms. The number of hydrogen-bond donors (Lipinski definition) is 0. The van der Waals surface area contributed by atoms with E-state index in [2.05, 4.69) is 14.7 Å². The molecule has 2 atom stereocenters. The number of aromatic nitrogens is 2. The fourth-order valence-electron chi connectivity index (χ4n) is 5.08. The topological polar surface area (TPSA) is 72.0 Å². The zero-order valence-corrected chi connectivity index (χ0v) is 21.5. The van der Waals surface area contributed by atoms with Crippen molar-refractivity contribution in [1.82, 2.24) is 19.6 Å². The molecule has 0 radical (unpaired) electrons. The lowest BCUT2D eigenvalue weighted by Crippen LogP contribution is -2.44. The largest absolute Gasteiger partial charge is 0.435 e. The van der Waals surface area contributed by atoms with Crippen molar-refractivity contribution in [3.63, 3.8) is 0 Å². The number of rotatable bonds is 5. The Kier molecular flexibility index (Phi) is 6.80. The van der Waals surface area contributed by atoms with Crippen LogP contribution in [0.5, 0.6) is 5.75 Å². The number of amides is 2. The maximum atomic E-state index is 13.7. The van der Waals surface area contributed by atoms with Crippen LogP contribution in [0.3, 0.4) is 0 Å². The molecule has 0 spiro atoms. The highest BCUT2D eigenvalue weighted by molar-refractivity contribution is 6.33. The average molecular weight is 540 g/mol. The van der Waals surface area contributed by atoms with E-state index in [0.29, 0.717) is 30.8 Å². The third-order valence-corrected chi connectivity index (χ3v) is 7.45. The van der Waals surface area contributed by atoms with Crippen LogP contribution in [0.4, 0.5) is 14.5 Å². The first-order chi connectivity index (χ1) is 18.2. The maximum Gasteiger partial charge on any atom is 0.387 e. The maximum absolute atomic E-state index is 13.7. The molecular weight excluding hydrogens is 516 g/mol. The lowest BCUT2D eigenvalue weighted by Gasteiger charge is -2.35. The van der Waals surface area contributed by atoms with Gasteiger partial charge in [-0.25, -0.2) is 4.85 Å². The van der Waals surface area contributed by atoms with Gasteiger partial charge in [0, 0.05) is 35.2 Å². The molecule has 2 aromatic carbocycles. The van der Waals surface area contributed by atoms with E-state index in [4.69, 9.17) is 18.2 Å². The highest BCUT2D eigenvalue weighted by Gasteiger charge is 2.38. The summed E-state index contributed by atoms with van der Waals surface area (Å²) in [4.78, 5) is 33.9. The summed E-state index contributed by atoms with van der Waals surface area (Å²) in [5.74, 6) is -0.394. The number of ether oxygens (including phenoxy) is 1. The molecule has 3 heterocycles. The second-order valence-corrected chi connectivity index (χ2v) is 9.79. The summed E-state index contributed by atoms with van der Waals surface area (Å²) in [6.07, 6.45) is 0.499. The van der Waals surface area contributed by atoms with Crippen LogP contribution in [0.2, 0.25) is 5.02 Å². The summed E-state index contributed by atoms with van der Waals surface area (Å²) in [7, 11) is 0. The van der Waals surface area contributed by atoms with Crippen molar-refractivity contribution >= 4 is 29.1 Å². The first-order valence-electron chi connectivity index (χ1n) is 12.1. The van der Waals surface area contributed by atoms with E-state index < -0.39 is 6.61 Å². The first-order valence-corrected chi connectivity index (χ1v) is 12.5. The van der Waals surface area contributed by atoms with Crippen molar-refractivity contribution in [3.05, 3.63) is 87.0 Å². The zero-order chi connectivity index (χ0) is 27.1. The first kappa shape index (κ1) is 25.7. The molecule has 0 aliphatic carbocycles. The number of hydrogen-bond acceptors (Lipinski definition) is 4. The highest BCUT2D eigenvalue weighted by Crippen LogP contribution is 2.34. The quantitative estimate of drug-likeness (QED) is 0.402. The second kappa shape index (κ2) is 10.1. The SMILES string of the molecule is [C-]#[N+]c1cc(C(=O)N2Cc3c(nn4c3C(=O)N([C@H](C)c3ccc(OC(F)F)cc3)CC4)C[C@H]2C)ccc1Cl. The Bertz CT molecular complexity index is 1450. The van der Waals surface area contributed by atoms with Gasteiger partial charge in [0.25, 0.3) is 11.8 Å². The van der Waals surface area contributed by atoms with Crippen molar-refractivity contribution in [2.75, 3.05) is 6.54 Å². The van der Waals surface area contributed by atoms with Crippen LogP contribution in [-0.2, 0) is 19.5 Å². The Balaban J connectivity index is 1.40. The van der Waals surface area contributed by atoms with Crippen LogP contribution >= 0.6 is 11.6 Å². The van der Waals surface area contributed by atoms with Gasteiger partial charge in [-0.15, -0.1) is 0 Å². The molecule has 8 nitrogen and oxygen atoms in total. The number of halogens is 3. The molecule has 196 valence electrons. The Morgan fingerprint density at radius 2 is 1.95 bits per heavy atom. The van der Waals surface area contributed by atoms with Crippen LogP contribution in [-0.4, -0.2) is 50.6 Å². The summed E-state index contributed by atoms with van der Waals surface area (Å²) >= 11 is 6.05. The van der Waals surface area contributed by atoms with E-state index in [0.717, 1.165) is 16.8 Å². The molecule has 2 aliphatic heterocycles. The van der Waals surface area contributed by atoms with Gasteiger partial charge in [-0.05, 0) is 37.6 Å². The van der Waals surface area contributed by atoms with Gasteiger partial charge in [0.15, 0.2) is 0 Å². The number of fused-ring (bicyclic) bond motifs is 3. The molecular formula is C27H24ClF2N5O3. The molecule has 0 saturated heterocycles. The molecule has 0 bridgehead atoms. The van der Waals surface area contributed by atoms with Crippen molar-refractivity contribution in [3.8, 4) is 5.75 Å². The number of alkyl halides is 2. The molecule has 0 N–H and O–H groups in total. The zero-order valence-electron chi connectivity index (χ0n) is 20.7. The monoisotopic (exact) mass is 539 g/mol. The Morgan fingerprint density at radius 1 is 1.21 bits per heavy atom. The van der Waals surface area contributed by atoms with Crippen LogP contribution in [0.25, 0.3) is 4.85 Å². The van der Waals surface area contributed by atoms with Crippen molar-refractivity contribution in [2.24, 2.45) is 0 Å². The van der Waals surface area contributed by atoms with Gasteiger partial charge in [0.2, 0.25) is 5.69 Å². The minimum absolute atomic E-state index is 0.0520. The molecule has 5 rings (SSSR count). The van der Waals surface area contributed by atoms with Gasteiger partial charge < -0.3 is 14.5 Å². The van der Waals surface area contributed by atoms with Gasteiger partial charge in [-0.3, -0.25) is 14.3 Å². The number of nitrogens with zero attached hydrogens (tertiary/aromatic N) is 5. The lowest BCUT2D eigenvalue weighted by atomic mass is 9.97. The Labute approximate surface area is 223 Å². The van der Waals surface area contributed by atoms with Gasteiger partial charge in [-0.1, -0.05) is 35.9 Å². The predicted molar refractivity (Wildman–Crippen MR) is 136 cm³/mol. The van der Waals surface area contributed by atoms with Gasteiger partial charge in [0.1, 0.15) is 11.4 Å². The van der Waals surface area contributed by atoms with Gasteiger partial charge in [0.05, 0.1) is 31.4 Å². The Morgan fingerprint density at radius 3 is 2.63 bits per heavy atom. The van der Waals surface area contributed by atoms with Gasteiger partial charge >= 0.3 is 6.61 Å². The third kappa shape index (κ3) is 4.58. The third-order valence-electron chi connectivity index (χ3n) is 7.13. The number of benzene rings is 2. The van der Waals surface area contributed by atoms with E-state index in [-0.39, 0.29) is 46.9 Å². The second-order valence-electron chi connectivity index (χ2n) is 9.38. The Hall–Kier alpha value is -3.97. The van der Waals surface area contributed by atoms with E-state index >= 15 is 0 Å². The van der Waals surface area contributed by atoms with E-state index in [1.54, 1.807) is 38.7 Å². The molecule has 0 fully saturated rings. The smallest absolute Gasteiger partial charge is 0.387 e. The average Bonchev–Trinajstić information content (AvgIpc) is 3.26. The normalized spacial score (nSPS) is 17.6. The van der Waals surface area contributed by atoms with E-state index in [9.17, 15) is 18.4 Å².